The lowest BCUT2D eigenvalue weighted by Crippen LogP contribution is -2.50. The highest BCUT2D eigenvalue weighted by Crippen LogP contribution is 2.35. The summed E-state index contributed by atoms with van der Waals surface area (Å²) in [5.74, 6) is 1.21. The Morgan fingerprint density at radius 1 is 1.07 bits per heavy atom. The zero-order valence-corrected chi connectivity index (χ0v) is 26.2. The monoisotopic (exact) mass is 640 g/mol. The second kappa shape index (κ2) is 13.1. The Bertz CT molecular complexity index is 1670. The maximum atomic E-state index is 13.8. The van der Waals surface area contributed by atoms with Crippen molar-refractivity contribution in [2.45, 2.75) is 30.9 Å². The van der Waals surface area contributed by atoms with Crippen LogP contribution in [0.3, 0.4) is 0 Å². The average Bonchev–Trinajstić information content (AvgIpc) is 3.50. The Kier molecular flexibility index (Phi) is 9.25. The first kappa shape index (κ1) is 31.7. The molecule has 0 spiro atoms. The highest BCUT2D eigenvalue weighted by molar-refractivity contribution is 7.92. The molecule has 0 unspecified atom stereocenters. The number of amides is 3. The van der Waals surface area contributed by atoms with E-state index in [4.69, 9.17) is 18.9 Å². The zero-order valence-electron chi connectivity index (χ0n) is 25.3. The molecule has 240 valence electrons. The van der Waals surface area contributed by atoms with Crippen LogP contribution in [0.25, 0.3) is 0 Å². The van der Waals surface area contributed by atoms with Crippen molar-refractivity contribution < 1.29 is 42.1 Å². The summed E-state index contributed by atoms with van der Waals surface area (Å²) in [6, 6.07) is 14.5. The first-order valence-corrected chi connectivity index (χ1v) is 15.8. The zero-order chi connectivity index (χ0) is 32.3. The van der Waals surface area contributed by atoms with E-state index in [1.165, 1.54) is 59.4 Å². The topological polar surface area (TPSA) is 156 Å². The van der Waals surface area contributed by atoms with Gasteiger partial charge in [-0.15, -0.1) is 0 Å². The number of rotatable bonds is 9. The van der Waals surface area contributed by atoms with Gasteiger partial charge in [0.25, 0.3) is 15.9 Å². The van der Waals surface area contributed by atoms with Crippen LogP contribution in [-0.2, 0) is 10.0 Å². The summed E-state index contributed by atoms with van der Waals surface area (Å²) >= 11 is 0. The number of methoxy groups -OCH3 is 1. The lowest BCUT2D eigenvalue weighted by molar-refractivity contribution is 0.0371. The molecule has 14 heteroatoms. The van der Waals surface area contributed by atoms with E-state index < -0.39 is 28.1 Å². The van der Waals surface area contributed by atoms with Crippen LogP contribution in [-0.4, -0.2) is 88.1 Å². The van der Waals surface area contributed by atoms with Crippen molar-refractivity contribution >= 4 is 33.3 Å². The van der Waals surface area contributed by atoms with Crippen molar-refractivity contribution in [1.82, 2.24) is 9.80 Å². The number of hydrogen-bond donors (Lipinski definition) is 3. The Morgan fingerprint density at radius 3 is 2.47 bits per heavy atom. The summed E-state index contributed by atoms with van der Waals surface area (Å²) in [6.45, 7) is 3.86. The van der Waals surface area contributed by atoms with Gasteiger partial charge in [-0.2, -0.15) is 0 Å². The Hall–Kier alpha value is -4.69. The van der Waals surface area contributed by atoms with Crippen LogP contribution in [0, 0.1) is 5.92 Å². The van der Waals surface area contributed by atoms with Crippen molar-refractivity contribution in [2.24, 2.45) is 5.92 Å². The van der Waals surface area contributed by atoms with Crippen LogP contribution in [0.5, 0.6) is 23.0 Å². The summed E-state index contributed by atoms with van der Waals surface area (Å²) in [4.78, 5) is 29.9. The number of aliphatic hydroxyl groups excluding tert-OH is 1. The molecule has 0 bridgehead atoms. The van der Waals surface area contributed by atoms with Crippen LogP contribution in [0.15, 0.2) is 65.6 Å². The van der Waals surface area contributed by atoms with E-state index in [0.717, 1.165) is 0 Å². The van der Waals surface area contributed by atoms with Gasteiger partial charge in [0, 0.05) is 37.0 Å². The third-order valence-corrected chi connectivity index (χ3v) is 9.11. The lowest BCUT2D eigenvalue weighted by Gasteiger charge is -2.38. The standard InChI is InChI=1S/C31H36N4O9S/c1-19-15-35(20(2)17-36)30(37)25-13-22(33-45(39,40)24-9-7-23(41-4)8-10-24)6-11-26(25)44-29(19)16-34(3)31(38)32-21-5-12-27-28(14-21)43-18-42-27/h5-14,19-20,29,33,36H,15-18H2,1-4H3,(H,32,38)/t19-,20+,29+/m0/s1. The van der Waals surface area contributed by atoms with Crippen molar-refractivity contribution in [2.75, 3.05) is 50.7 Å². The van der Waals surface area contributed by atoms with Crippen molar-refractivity contribution in [3.8, 4) is 23.0 Å². The molecule has 0 saturated carbocycles. The van der Waals surface area contributed by atoms with Crippen LogP contribution >= 0.6 is 0 Å². The predicted molar refractivity (Wildman–Crippen MR) is 166 cm³/mol. The molecular weight excluding hydrogens is 604 g/mol. The highest BCUT2D eigenvalue weighted by Gasteiger charge is 2.34. The molecule has 0 saturated heterocycles. The third kappa shape index (κ3) is 7.02. The predicted octanol–water partition coefficient (Wildman–Crippen LogP) is 3.61. The second-order valence-corrected chi connectivity index (χ2v) is 12.7. The number of carbonyl (C=O) groups excluding carboxylic acids is 2. The Labute approximate surface area is 261 Å². The fourth-order valence-electron chi connectivity index (χ4n) is 5.02. The molecule has 45 heavy (non-hydrogen) atoms. The summed E-state index contributed by atoms with van der Waals surface area (Å²) in [6.07, 6.45) is -0.556. The van der Waals surface area contributed by atoms with E-state index in [9.17, 15) is 23.1 Å². The molecule has 5 rings (SSSR count). The molecule has 2 aliphatic rings. The summed E-state index contributed by atoms with van der Waals surface area (Å²) < 4.78 is 50.9. The maximum Gasteiger partial charge on any atom is 0.321 e. The largest absolute Gasteiger partial charge is 0.497 e. The molecule has 2 aliphatic heterocycles. The van der Waals surface area contributed by atoms with Gasteiger partial charge >= 0.3 is 6.03 Å². The van der Waals surface area contributed by atoms with Crippen molar-refractivity contribution in [3.05, 3.63) is 66.2 Å². The number of likely N-dealkylation sites (N-methyl/N-ethyl adjacent to an activating group) is 1. The first-order chi connectivity index (χ1) is 21.5. The van der Waals surface area contributed by atoms with E-state index in [2.05, 4.69) is 10.0 Å². The third-order valence-electron chi connectivity index (χ3n) is 7.71. The van der Waals surface area contributed by atoms with Crippen LogP contribution < -0.4 is 29.0 Å². The SMILES string of the molecule is COc1ccc(S(=O)(=O)Nc2ccc3c(c2)C(=O)N([C@H](C)CO)C[C@H](C)[C@@H](CN(C)C(=O)Nc2ccc4c(c2)OCO4)O3)cc1. The number of aliphatic hydroxyl groups is 1. The lowest BCUT2D eigenvalue weighted by atomic mass is 9.99. The second-order valence-electron chi connectivity index (χ2n) is 11.0. The van der Waals surface area contributed by atoms with Gasteiger partial charge in [-0.1, -0.05) is 6.92 Å². The Balaban J connectivity index is 1.38. The minimum Gasteiger partial charge on any atom is -0.497 e. The van der Waals surface area contributed by atoms with Gasteiger partial charge in [0.2, 0.25) is 6.79 Å². The van der Waals surface area contributed by atoms with E-state index in [0.29, 0.717) is 22.9 Å². The van der Waals surface area contributed by atoms with Gasteiger partial charge < -0.3 is 39.2 Å². The summed E-state index contributed by atoms with van der Waals surface area (Å²) in [5, 5.41) is 12.8. The minimum atomic E-state index is -3.98. The number of ether oxygens (including phenoxy) is 4. The molecular formula is C31H36N4O9S. The molecule has 3 atom stereocenters. The van der Waals surface area contributed by atoms with Crippen molar-refractivity contribution in [1.29, 1.82) is 0 Å². The number of hydrogen-bond acceptors (Lipinski definition) is 9. The van der Waals surface area contributed by atoms with Gasteiger partial charge in [-0.3, -0.25) is 9.52 Å². The highest BCUT2D eigenvalue weighted by atomic mass is 32.2. The molecule has 3 N–H and O–H groups in total. The molecule has 3 aromatic rings. The van der Waals surface area contributed by atoms with Gasteiger partial charge in [-0.05, 0) is 61.5 Å². The summed E-state index contributed by atoms with van der Waals surface area (Å²) in [5.41, 5.74) is 0.810. The van der Waals surface area contributed by atoms with Gasteiger partial charge in [0.15, 0.2) is 11.5 Å². The smallest absolute Gasteiger partial charge is 0.321 e. The molecule has 3 amide bonds. The summed E-state index contributed by atoms with van der Waals surface area (Å²) in [7, 11) is -0.866. The molecule has 0 radical (unpaired) electrons. The number of nitrogens with one attached hydrogen (secondary N) is 2. The molecule has 0 aromatic heterocycles. The number of benzene rings is 3. The van der Waals surface area contributed by atoms with Crippen LogP contribution in [0.4, 0.5) is 16.2 Å². The molecule has 3 aromatic carbocycles. The fourth-order valence-corrected chi connectivity index (χ4v) is 6.07. The fraction of sp³-hybridized carbons (Fsp3) is 0.355. The van der Waals surface area contributed by atoms with Gasteiger partial charge in [0.1, 0.15) is 17.6 Å². The van der Waals surface area contributed by atoms with Crippen molar-refractivity contribution in [3.63, 3.8) is 0 Å². The number of nitrogens with zero attached hydrogens (tertiary/aromatic N) is 2. The van der Waals surface area contributed by atoms with Gasteiger partial charge in [0.05, 0.1) is 36.8 Å². The molecule has 2 heterocycles. The minimum absolute atomic E-state index is 0.0177. The number of sulfonamides is 1. The first-order valence-electron chi connectivity index (χ1n) is 14.3. The van der Waals surface area contributed by atoms with E-state index in [-0.39, 0.29) is 60.3 Å². The van der Waals surface area contributed by atoms with Crippen LogP contribution in [0.1, 0.15) is 24.2 Å². The number of fused-ring (bicyclic) bond motifs is 2. The van der Waals surface area contributed by atoms with Crippen LogP contribution in [0.2, 0.25) is 0 Å². The number of carbonyl (C=O) groups is 2. The quantitative estimate of drug-likeness (QED) is 0.318. The van der Waals surface area contributed by atoms with E-state index in [1.807, 2.05) is 6.92 Å². The van der Waals surface area contributed by atoms with E-state index >= 15 is 0 Å². The normalized spacial score (nSPS) is 18.2. The molecule has 0 aliphatic carbocycles. The van der Waals surface area contributed by atoms with E-state index in [1.54, 1.807) is 32.2 Å². The average molecular weight is 641 g/mol. The molecule has 13 nitrogen and oxygen atoms in total. The van der Waals surface area contributed by atoms with Gasteiger partial charge in [-0.25, -0.2) is 13.2 Å². The molecule has 0 fully saturated rings. The maximum absolute atomic E-state index is 13.8. The Morgan fingerprint density at radius 2 is 1.76 bits per heavy atom. The number of urea groups is 1. The number of anilines is 2.